The molecule has 0 fully saturated rings. The summed E-state index contributed by atoms with van der Waals surface area (Å²) in [6.07, 6.45) is 4.40. The fourth-order valence-corrected chi connectivity index (χ4v) is 2.99. The molecular weight excluding hydrogens is 255 g/mol. The Morgan fingerprint density at radius 2 is 2.25 bits per heavy atom. The van der Waals surface area contributed by atoms with Crippen LogP contribution in [0, 0.1) is 5.82 Å². The van der Waals surface area contributed by atoms with E-state index in [-0.39, 0.29) is 11.9 Å². The molecule has 112 valence electrons. The van der Waals surface area contributed by atoms with Crippen molar-refractivity contribution in [2.75, 3.05) is 18.6 Å². The number of ether oxygens (including phenoxy) is 1. The maximum atomic E-state index is 13.8. The number of hydrogen-bond acceptors (Lipinski definition) is 3. The van der Waals surface area contributed by atoms with Crippen LogP contribution in [0.4, 0.5) is 10.1 Å². The second-order valence-corrected chi connectivity index (χ2v) is 5.75. The lowest BCUT2D eigenvalue weighted by molar-refractivity contribution is 0.386. The maximum absolute atomic E-state index is 13.8. The largest absolute Gasteiger partial charge is 0.494 e. The molecule has 0 radical (unpaired) electrons. The Hall–Kier alpha value is -1.29. The average molecular weight is 280 g/mol. The SMILES string of the molecule is CCCC[C@@H]1Cc2cc(F)c(OC)cc2N1C[C@H](C)N. The monoisotopic (exact) mass is 280 g/mol. The zero-order chi connectivity index (χ0) is 14.7. The molecule has 0 aromatic heterocycles. The molecular formula is C16H25FN2O. The zero-order valence-corrected chi connectivity index (χ0v) is 12.7. The number of unbranched alkanes of at least 4 members (excludes halogenated alkanes) is 1. The molecule has 0 amide bonds. The van der Waals surface area contributed by atoms with Gasteiger partial charge >= 0.3 is 0 Å². The van der Waals surface area contributed by atoms with Crippen molar-refractivity contribution in [2.24, 2.45) is 5.73 Å². The topological polar surface area (TPSA) is 38.5 Å². The van der Waals surface area contributed by atoms with Gasteiger partial charge in [-0.15, -0.1) is 0 Å². The lowest BCUT2D eigenvalue weighted by Crippen LogP contribution is -2.40. The summed E-state index contributed by atoms with van der Waals surface area (Å²) in [4.78, 5) is 2.33. The van der Waals surface area contributed by atoms with Crippen LogP contribution < -0.4 is 15.4 Å². The van der Waals surface area contributed by atoms with E-state index in [1.165, 1.54) is 20.0 Å². The predicted octanol–water partition coefficient (Wildman–Crippen LogP) is 3.10. The molecule has 0 spiro atoms. The van der Waals surface area contributed by atoms with Crippen molar-refractivity contribution < 1.29 is 9.13 Å². The molecule has 3 nitrogen and oxygen atoms in total. The van der Waals surface area contributed by atoms with Crippen molar-refractivity contribution in [1.29, 1.82) is 0 Å². The highest BCUT2D eigenvalue weighted by Crippen LogP contribution is 2.38. The summed E-state index contributed by atoms with van der Waals surface area (Å²) in [6, 6.07) is 3.97. The third-order valence-corrected chi connectivity index (χ3v) is 3.93. The Kier molecular flexibility index (Phi) is 4.86. The van der Waals surface area contributed by atoms with Crippen molar-refractivity contribution >= 4 is 5.69 Å². The first-order chi connectivity index (χ1) is 9.56. The Balaban J connectivity index is 2.29. The standard InChI is InChI=1S/C16H25FN2O/c1-4-5-6-13-7-12-8-14(17)16(20-3)9-15(12)19(13)10-11(2)18/h8-9,11,13H,4-7,10,18H2,1-3H3/t11-,13+/m0/s1. The zero-order valence-electron chi connectivity index (χ0n) is 12.7. The van der Waals surface area contributed by atoms with Gasteiger partial charge in [0.05, 0.1) is 7.11 Å². The highest BCUT2D eigenvalue weighted by molar-refractivity contribution is 5.62. The number of fused-ring (bicyclic) bond motifs is 1. The van der Waals surface area contributed by atoms with Gasteiger partial charge in [-0.2, -0.15) is 0 Å². The summed E-state index contributed by atoms with van der Waals surface area (Å²) in [5.74, 6) is 0.0395. The third-order valence-electron chi connectivity index (χ3n) is 3.93. The maximum Gasteiger partial charge on any atom is 0.165 e. The summed E-state index contributed by atoms with van der Waals surface area (Å²) >= 11 is 0. The molecule has 1 aliphatic rings. The van der Waals surface area contributed by atoms with E-state index >= 15 is 0 Å². The molecule has 1 aliphatic heterocycles. The quantitative estimate of drug-likeness (QED) is 0.870. The normalized spacial score (nSPS) is 19.1. The molecule has 0 unspecified atom stereocenters. The fraction of sp³-hybridized carbons (Fsp3) is 0.625. The minimum atomic E-state index is -0.275. The van der Waals surface area contributed by atoms with Crippen molar-refractivity contribution in [3.05, 3.63) is 23.5 Å². The van der Waals surface area contributed by atoms with Gasteiger partial charge in [0.15, 0.2) is 11.6 Å². The highest BCUT2D eigenvalue weighted by Gasteiger charge is 2.30. The minimum absolute atomic E-state index is 0.0983. The third kappa shape index (κ3) is 3.06. The van der Waals surface area contributed by atoms with Crippen LogP contribution in [-0.4, -0.2) is 25.7 Å². The second-order valence-electron chi connectivity index (χ2n) is 5.75. The smallest absolute Gasteiger partial charge is 0.165 e. The van der Waals surface area contributed by atoms with Gasteiger partial charge in [0.2, 0.25) is 0 Å². The van der Waals surface area contributed by atoms with Crippen LogP contribution in [0.2, 0.25) is 0 Å². The molecule has 1 aromatic rings. The van der Waals surface area contributed by atoms with Crippen molar-refractivity contribution in [2.45, 2.75) is 51.6 Å². The first kappa shape index (κ1) is 15.1. The molecule has 0 aliphatic carbocycles. The molecule has 1 heterocycles. The highest BCUT2D eigenvalue weighted by atomic mass is 19.1. The van der Waals surface area contributed by atoms with Gasteiger partial charge in [-0.3, -0.25) is 0 Å². The van der Waals surface area contributed by atoms with E-state index in [0.29, 0.717) is 11.8 Å². The van der Waals surface area contributed by atoms with E-state index in [4.69, 9.17) is 10.5 Å². The van der Waals surface area contributed by atoms with Crippen LogP contribution >= 0.6 is 0 Å². The van der Waals surface area contributed by atoms with Crippen molar-refractivity contribution in [1.82, 2.24) is 0 Å². The van der Waals surface area contributed by atoms with Crippen LogP contribution in [0.25, 0.3) is 0 Å². The van der Waals surface area contributed by atoms with Gasteiger partial charge in [0, 0.05) is 30.4 Å². The number of anilines is 1. The van der Waals surface area contributed by atoms with Crippen LogP contribution in [0.15, 0.2) is 12.1 Å². The molecule has 4 heteroatoms. The first-order valence-electron chi connectivity index (χ1n) is 7.45. The van der Waals surface area contributed by atoms with E-state index in [9.17, 15) is 4.39 Å². The summed E-state index contributed by atoms with van der Waals surface area (Å²) in [5.41, 5.74) is 8.13. The number of hydrogen-bond donors (Lipinski definition) is 1. The number of nitrogens with two attached hydrogens (primary N) is 1. The average Bonchev–Trinajstić information content (AvgIpc) is 2.72. The molecule has 1 aromatic carbocycles. The fourth-order valence-electron chi connectivity index (χ4n) is 2.99. The number of benzene rings is 1. The van der Waals surface area contributed by atoms with Crippen LogP contribution in [0.1, 0.15) is 38.7 Å². The van der Waals surface area contributed by atoms with Crippen molar-refractivity contribution in [3.8, 4) is 5.75 Å². The Morgan fingerprint density at radius 1 is 1.50 bits per heavy atom. The number of halogens is 1. The van der Waals surface area contributed by atoms with Gasteiger partial charge in [0.1, 0.15) is 0 Å². The van der Waals surface area contributed by atoms with E-state index in [1.807, 2.05) is 13.0 Å². The van der Waals surface area contributed by atoms with Crippen LogP contribution in [-0.2, 0) is 6.42 Å². The summed E-state index contributed by atoms with van der Waals surface area (Å²) in [7, 11) is 1.50. The summed E-state index contributed by atoms with van der Waals surface area (Å²) < 4.78 is 19.0. The Morgan fingerprint density at radius 3 is 2.85 bits per heavy atom. The number of nitrogens with zero attached hydrogens (tertiary/aromatic N) is 1. The van der Waals surface area contributed by atoms with Gasteiger partial charge in [-0.25, -0.2) is 4.39 Å². The van der Waals surface area contributed by atoms with E-state index < -0.39 is 0 Å². The molecule has 0 saturated carbocycles. The Bertz CT molecular complexity index is 462. The number of rotatable bonds is 6. The van der Waals surface area contributed by atoms with Crippen molar-refractivity contribution in [3.63, 3.8) is 0 Å². The Labute approximate surface area is 120 Å². The molecule has 0 saturated heterocycles. The summed E-state index contributed by atoms with van der Waals surface area (Å²) in [5, 5.41) is 0. The minimum Gasteiger partial charge on any atom is -0.494 e. The first-order valence-corrected chi connectivity index (χ1v) is 7.45. The van der Waals surface area contributed by atoms with Crippen LogP contribution in [0.5, 0.6) is 5.75 Å². The molecule has 0 bridgehead atoms. The lowest BCUT2D eigenvalue weighted by Gasteiger charge is -2.29. The van der Waals surface area contributed by atoms with E-state index in [1.54, 1.807) is 6.07 Å². The van der Waals surface area contributed by atoms with Crippen LogP contribution in [0.3, 0.4) is 0 Å². The lowest BCUT2D eigenvalue weighted by atomic mass is 10.0. The molecule has 2 N–H and O–H groups in total. The molecule has 20 heavy (non-hydrogen) atoms. The van der Waals surface area contributed by atoms with E-state index in [2.05, 4.69) is 11.8 Å². The molecule has 2 rings (SSSR count). The van der Waals surface area contributed by atoms with Gasteiger partial charge < -0.3 is 15.4 Å². The second kappa shape index (κ2) is 6.44. The summed E-state index contributed by atoms with van der Waals surface area (Å²) in [6.45, 7) is 5.01. The molecule has 2 atom stereocenters. The van der Waals surface area contributed by atoms with Gasteiger partial charge in [-0.1, -0.05) is 19.8 Å². The van der Waals surface area contributed by atoms with Gasteiger partial charge in [0.25, 0.3) is 0 Å². The van der Waals surface area contributed by atoms with Gasteiger partial charge in [-0.05, 0) is 31.4 Å². The predicted molar refractivity (Wildman–Crippen MR) is 81.0 cm³/mol. The number of methoxy groups -OCH3 is 1. The van der Waals surface area contributed by atoms with E-state index in [0.717, 1.165) is 30.6 Å².